The second-order valence-corrected chi connectivity index (χ2v) is 4.19. The van der Waals surface area contributed by atoms with Gasteiger partial charge in [0.05, 0.1) is 17.2 Å². The summed E-state index contributed by atoms with van der Waals surface area (Å²) in [4.78, 5) is 22.3. The molecule has 0 spiro atoms. The van der Waals surface area contributed by atoms with Crippen LogP contribution >= 0.6 is 0 Å². The second kappa shape index (κ2) is 5.39. The van der Waals surface area contributed by atoms with Crippen molar-refractivity contribution in [3.05, 3.63) is 51.8 Å². The van der Waals surface area contributed by atoms with Crippen LogP contribution in [0.25, 0.3) is 0 Å². The minimum absolute atomic E-state index is 0.189. The van der Waals surface area contributed by atoms with Crippen molar-refractivity contribution in [1.82, 2.24) is 15.5 Å². The molecule has 1 atom stereocenters. The van der Waals surface area contributed by atoms with Crippen LogP contribution in [0.1, 0.15) is 28.9 Å². The summed E-state index contributed by atoms with van der Waals surface area (Å²) in [6, 6.07) is 2.94. The number of phenolic OH excluding ortho intramolecular Hbond substituents is 1. The highest BCUT2D eigenvalue weighted by molar-refractivity contribution is 5.98. The molecule has 1 aromatic carbocycles. The lowest BCUT2D eigenvalue weighted by Crippen LogP contribution is -2.27. The number of hydrogen-bond donors (Lipinski definition) is 3. The summed E-state index contributed by atoms with van der Waals surface area (Å²) >= 11 is 0. The first-order valence-corrected chi connectivity index (χ1v) is 5.76. The average Bonchev–Trinajstić information content (AvgIpc) is 2.92. The number of nitro groups is 1. The van der Waals surface area contributed by atoms with E-state index in [1.165, 1.54) is 0 Å². The summed E-state index contributed by atoms with van der Waals surface area (Å²) < 4.78 is 0. The van der Waals surface area contributed by atoms with Gasteiger partial charge in [-0.05, 0) is 19.1 Å². The van der Waals surface area contributed by atoms with E-state index in [1.807, 2.05) is 0 Å². The van der Waals surface area contributed by atoms with Crippen LogP contribution in [0.3, 0.4) is 0 Å². The lowest BCUT2D eigenvalue weighted by atomic mass is 10.1. The first kappa shape index (κ1) is 13.5. The van der Waals surface area contributed by atoms with Gasteiger partial charge in [0.15, 0.2) is 0 Å². The standard InChI is InChI=1S/C12H12N4O4/c1-7(8-5-13-14-6-8)15-12(18)10-4-9(17)2-3-11(10)16(19)20/h2-7,17H,1H3,(H,13,14)(H,15,18). The molecule has 0 saturated carbocycles. The summed E-state index contributed by atoms with van der Waals surface area (Å²) in [5, 5.41) is 29.2. The molecule has 0 radical (unpaired) electrons. The highest BCUT2D eigenvalue weighted by atomic mass is 16.6. The summed E-state index contributed by atoms with van der Waals surface area (Å²) in [6.07, 6.45) is 3.16. The van der Waals surface area contributed by atoms with Crippen LogP contribution in [0.15, 0.2) is 30.6 Å². The zero-order chi connectivity index (χ0) is 14.7. The Labute approximate surface area is 113 Å². The van der Waals surface area contributed by atoms with Crippen LogP contribution in [-0.2, 0) is 0 Å². The average molecular weight is 276 g/mol. The van der Waals surface area contributed by atoms with Crippen molar-refractivity contribution in [3.63, 3.8) is 0 Å². The second-order valence-electron chi connectivity index (χ2n) is 4.19. The Kier molecular flexibility index (Phi) is 3.65. The molecule has 0 bridgehead atoms. The number of aromatic amines is 1. The molecule has 8 nitrogen and oxygen atoms in total. The van der Waals surface area contributed by atoms with Crippen molar-refractivity contribution in [2.24, 2.45) is 0 Å². The van der Waals surface area contributed by atoms with Crippen molar-refractivity contribution in [2.75, 3.05) is 0 Å². The molecular formula is C12H12N4O4. The number of phenols is 1. The van der Waals surface area contributed by atoms with Gasteiger partial charge in [-0.3, -0.25) is 20.0 Å². The summed E-state index contributed by atoms with van der Waals surface area (Å²) in [5.41, 5.74) is 0.186. The molecule has 2 aromatic rings. The zero-order valence-corrected chi connectivity index (χ0v) is 10.5. The quantitative estimate of drug-likeness (QED) is 0.577. The molecule has 0 aliphatic carbocycles. The molecule has 8 heteroatoms. The highest BCUT2D eigenvalue weighted by Gasteiger charge is 2.22. The third-order valence-corrected chi connectivity index (χ3v) is 2.79. The first-order valence-electron chi connectivity index (χ1n) is 5.76. The molecule has 0 saturated heterocycles. The lowest BCUT2D eigenvalue weighted by molar-refractivity contribution is -0.385. The predicted molar refractivity (Wildman–Crippen MR) is 69.2 cm³/mol. The van der Waals surface area contributed by atoms with Crippen LogP contribution < -0.4 is 5.32 Å². The number of aromatic hydroxyl groups is 1. The molecule has 20 heavy (non-hydrogen) atoms. The Hall–Kier alpha value is -2.90. The van der Waals surface area contributed by atoms with Gasteiger partial charge in [0.2, 0.25) is 0 Å². The van der Waals surface area contributed by atoms with Gasteiger partial charge >= 0.3 is 0 Å². The van der Waals surface area contributed by atoms with Crippen LogP contribution in [0.2, 0.25) is 0 Å². The van der Waals surface area contributed by atoms with Crippen molar-refractivity contribution < 1.29 is 14.8 Å². The number of nitro benzene ring substituents is 1. The van der Waals surface area contributed by atoms with Gasteiger partial charge in [0, 0.05) is 17.8 Å². The minimum Gasteiger partial charge on any atom is -0.508 e. The number of carbonyl (C=O) groups is 1. The topological polar surface area (TPSA) is 121 Å². The Balaban J connectivity index is 2.25. The van der Waals surface area contributed by atoms with E-state index in [0.29, 0.717) is 0 Å². The van der Waals surface area contributed by atoms with Gasteiger partial charge in [0.25, 0.3) is 11.6 Å². The van der Waals surface area contributed by atoms with E-state index in [0.717, 1.165) is 23.8 Å². The summed E-state index contributed by atoms with van der Waals surface area (Å²) in [7, 11) is 0. The summed E-state index contributed by atoms with van der Waals surface area (Å²) in [5.74, 6) is -0.849. The molecule has 2 rings (SSSR count). The third kappa shape index (κ3) is 2.74. The van der Waals surface area contributed by atoms with E-state index in [4.69, 9.17) is 0 Å². The Bertz CT molecular complexity index is 639. The molecular weight excluding hydrogens is 264 g/mol. The molecule has 1 unspecified atom stereocenters. The van der Waals surface area contributed by atoms with Crippen LogP contribution in [0.4, 0.5) is 5.69 Å². The largest absolute Gasteiger partial charge is 0.508 e. The minimum atomic E-state index is -0.670. The SMILES string of the molecule is CC(NC(=O)c1cc(O)ccc1[N+](=O)[O-])c1cn[nH]c1. The van der Waals surface area contributed by atoms with Crippen LogP contribution in [-0.4, -0.2) is 26.1 Å². The highest BCUT2D eigenvalue weighted by Crippen LogP contribution is 2.24. The van der Waals surface area contributed by atoms with E-state index in [2.05, 4.69) is 15.5 Å². The van der Waals surface area contributed by atoms with E-state index in [9.17, 15) is 20.0 Å². The van der Waals surface area contributed by atoms with Crippen molar-refractivity contribution in [3.8, 4) is 5.75 Å². The fourth-order valence-corrected chi connectivity index (χ4v) is 1.72. The Morgan fingerprint density at radius 2 is 2.30 bits per heavy atom. The van der Waals surface area contributed by atoms with Gasteiger partial charge in [0.1, 0.15) is 11.3 Å². The molecule has 1 amide bonds. The smallest absolute Gasteiger partial charge is 0.282 e. The maximum atomic E-state index is 12.1. The van der Waals surface area contributed by atoms with E-state index >= 15 is 0 Å². The molecule has 0 aliphatic heterocycles. The van der Waals surface area contributed by atoms with Crippen molar-refractivity contribution in [2.45, 2.75) is 13.0 Å². The number of nitrogens with one attached hydrogen (secondary N) is 2. The number of nitrogens with zero attached hydrogens (tertiary/aromatic N) is 2. The van der Waals surface area contributed by atoms with Gasteiger partial charge in [-0.1, -0.05) is 0 Å². The molecule has 0 aliphatic rings. The fourth-order valence-electron chi connectivity index (χ4n) is 1.72. The van der Waals surface area contributed by atoms with Gasteiger partial charge in [-0.2, -0.15) is 5.10 Å². The monoisotopic (exact) mass is 276 g/mol. The third-order valence-electron chi connectivity index (χ3n) is 2.79. The molecule has 104 valence electrons. The van der Waals surface area contributed by atoms with E-state index in [-0.39, 0.29) is 23.0 Å². The maximum absolute atomic E-state index is 12.1. The number of rotatable bonds is 4. The van der Waals surface area contributed by atoms with Gasteiger partial charge < -0.3 is 10.4 Å². The van der Waals surface area contributed by atoms with E-state index < -0.39 is 10.8 Å². The fraction of sp³-hybridized carbons (Fsp3) is 0.167. The van der Waals surface area contributed by atoms with Gasteiger partial charge in [-0.15, -0.1) is 0 Å². The zero-order valence-electron chi connectivity index (χ0n) is 10.5. The normalized spacial score (nSPS) is 11.8. The number of aromatic nitrogens is 2. The molecule has 0 fully saturated rings. The number of amides is 1. The number of hydrogen-bond acceptors (Lipinski definition) is 5. The van der Waals surface area contributed by atoms with Crippen molar-refractivity contribution in [1.29, 1.82) is 0 Å². The Morgan fingerprint density at radius 1 is 1.55 bits per heavy atom. The molecule has 3 N–H and O–H groups in total. The first-order chi connectivity index (χ1) is 9.49. The lowest BCUT2D eigenvalue weighted by Gasteiger charge is -2.12. The predicted octanol–water partition coefficient (Wildman–Crippen LogP) is 1.51. The van der Waals surface area contributed by atoms with Crippen LogP contribution in [0, 0.1) is 10.1 Å². The van der Waals surface area contributed by atoms with Crippen LogP contribution in [0.5, 0.6) is 5.75 Å². The Morgan fingerprint density at radius 3 is 2.90 bits per heavy atom. The number of carbonyl (C=O) groups excluding carboxylic acids is 1. The number of benzene rings is 1. The molecule has 1 heterocycles. The van der Waals surface area contributed by atoms with Crippen molar-refractivity contribution >= 4 is 11.6 Å². The molecule has 1 aromatic heterocycles. The summed E-state index contributed by atoms with van der Waals surface area (Å²) in [6.45, 7) is 1.72. The number of H-pyrrole nitrogens is 1. The van der Waals surface area contributed by atoms with Gasteiger partial charge in [-0.25, -0.2) is 0 Å². The maximum Gasteiger partial charge on any atom is 0.282 e. The van der Waals surface area contributed by atoms with E-state index in [1.54, 1.807) is 19.3 Å².